The molecule has 0 bridgehead atoms. The van der Waals surface area contributed by atoms with Gasteiger partial charge in [0.25, 0.3) is 0 Å². The number of rotatable bonds is 5. The van der Waals surface area contributed by atoms with Gasteiger partial charge in [-0.05, 0) is 18.4 Å². The van der Waals surface area contributed by atoms with Crippen molar-refractivity contribution >= 4 is 29.1 Å². The lowest BCUT2D eigenvalue weighted by Gasteiger charge is -2.34. The van der Waals surface area contributed by atoms with Crippen molar-refractivity contribution in [3.05, 3.63) is 47.5 Å². The minimum Gasteiger partial charge on any atom is -0.351 e. The number of anilines is 1. The van der Waals surface area contributed by atoms with Crippen LogP contribution in [0.4, 0.5) is 5.82 Å². The normalized spacial score (nSPS) is 16.3. The second-order valence-electron chi connectivity index (χ2n) is 5.14. The summed E-state index contributed by atoms with van der Waals surface area (Å²) in [6, 6.07) is 10.6. The topological polar surface area (TPSA) is 32.3 Å². The van der Waals surface area contributed by atoms with Crippen LogP contribution in [0.2, 0.25) is 5.15 Å². The molecule has 1 fully saturated rings. The number of benzene rings is 1. The summed E-state index contributed by atoms with van der Waals surface area (Å²) in [5.74, 6) is 0.842. The second kappa shape index (κ2) is 7.20. The third kappa shape index (κ3) is 3.93. The monoisotopic (exact) mass is 321 g/mol. The molecule has 1 aliphatic heterocycles. The summed E-state index contributed by atoms with van der Waals surface area (Å²) in [5, 5.41) is 0.532. The van der Waals surface area contributed by atoms with Crippen LogP contribution in [0.5, 0.6) is 0 Å². The van der Waals surface area contributed by atoms with Gasteiger partial charge in [0.05, 0.1) is 11.7 Å². The van der Waals surface area contributed by atoms with Crippen molar-refractivity contribution in [2.24, 2.45) is 0 Å². The molecule has 0 amide bonds. The van der Waals surface area contributed by atoms with Crippen LogP contribution in [0.15, 0.2) is 30.3 Å². The first kappa shape index (κ1) is 14.8. The van der Waals surface area contributed by atoms with Gasteiger partial charge < -0.3 is 4.90 Å². The van der Waals surface area contributed by atoms with Crippen molar-refractivity contribution in [2.45, 2.75) is 6.42 Å². The Kier molecular flexibility index (Phi) is 5.06. The highest BCUT2D eigenvalue weighted by Gasteiger charge is 2.20. The number of halogens is 1. The van der Waals surface area contributed by atoms with Gasteiger partial charge in [0.15, 0.2) is 11.0 Å². The van der Waals surface area contributed by atoms with Crippen molar-refractivity contribution in [1.29, 1.82) is 0 Å². The molecule has 0 saturated carbocycles. The van der Waals surface area contributed by atoms with Crippen molar-refractivity contribution in [1.82, 2.24) is 13.6 Å². The molecule has 0 N–H and O–H groups in total. The van der Waals surface area contributed by atoms with Crippen LogP contribution < -0.4 is 4.90 Å². The van der Waals surface area contributed by atoms with E-state index in [9.17, 15) is 0 Å². The summed E-state index contributed by atoms with van der Waals surface area (Å²) in [4.78, 5) is 4.69. The molecule has 1 aromatic heterocycles. The number of nitrogens with zero attached hydrogens (tertiary/aromatic N) is 4. The lowest BCUT2D eigenvalue weighted by atomic mass is 10.1. The average Bonchev–Trinajstić information content (AvgIpc) is 2.95. The van der Waals surface area contributed by atoms with Crippen LogP contribution in [0.3, 0.4) is 0 Å². The molecule has 6 heteroatoms. The minimum atomic E-state index is 0.532. The molecule has 0 spiro atoms. The molecule has 0 unspecified atom stereocenters. The first-order chi connectivity index (χ1) is 10.3. The molecule has 0 atom stereocenters. The molecule has 3 rings (SSSR count). The van der Waals surface area contributed by atoms with Crippen LogP contribution in [0.1, 0.15) is 5.56 Å². The predicted molar refractivity (Wildman–Crippen MR) is 88.0 cm³/mol. The second-order valence-corrected chi connectivity index (χ2v) is 6.03. The lowest BCUT2D eigenvalue weighted by Crippen LogP contribution is -2.47. The molecule has 1 aliphatic rings. The van der Waals surface area contributed by atoms with Crippen LogP contribution in [0.25, 0.3) is 0 Å². The van der Waals surface area contributed by atoms with Gasteiger partial charge in [-0.2, -0.15) is 8.75 Å². The van der Waals surface area contributed by atoms with Gasteiger partial charge in [-0.1, -0.05) is 41.9 Å². The molecular weight excluding hydrogens is 304 g/mol. The molecule has 111 valence electrons. The van der Waals surface area contributed by atoms with Crippen molar-refractivity contribution < 1.29 is 0 Å². The number of piperazine rings is 1. The molecule has 1 saturated heterocycles. The number of aromatic nitrogens is 2. The molecule has 2 aromatic rings. The largest absolute Gasteiger partial charge is 0.351 e. The quantitative estimate of drug-likeness (QED) is 0.847. The summed E-state index contributed by atoms with van der Waals surface area (Å²) in [6.45, 7) is 5.04. The fraction of sp³-hybridized carbons (Fsp3) is 0.400. The number of hydrogen-bond acceptors (Lipinski definition) is 5. The zero-order valence-electron chi connectivity index (χ0n) is 11.8. The van der Waals surface area contributed by atoms with Gasteiger partial charge in [-0.15, -0.1) is 0 Å². The van der Waals surface area contributed by atoms with E-state index in [1.807, 2.05) is 0 Å². The lowest BCUT2D eigenvalue weighted by molar-refractivity contribution is 0.274. The Labute approximate surface area is 134 Å². The zero-order valence-corrected chi connectivity index (χ0v) is 13.4. The highest BCUT2D eigenvalue weighted by Crippen LogP contribution is 2.23. The Hall–Kier alpha value is -1.17. The molecule has 4 nitrogen and oxygen atoms in total. The summed E-state index contributed by atoms with van der Waals surface area (Å²) < 4.78 is 8.29. The van der Waals surface area contributed by atoms with Crippen LogP contribution in [0, 0.1) is 6.42 Å². The molecule has 0 aliphatic carbocycles. The maximum absolute atomic E-state index is 6.04. The van der Waals surface area contributed by atoms with Crippen molar-refractivity contribution in [2.75, 3.05) is 37.6 Å². The standard InChI is InChI=1S/C15H18ClN4S/c16-14-15(18-21-17-14)20-11-9-19(10-12-20)8-4-7-13-5-2-1-3-6-13/h1-6H,7-12H2. The average molecular weight is 322 g/mol. The van der Waals surface area contributed by atoms with Crippen molar-refractivity contribution in [3.63, 3.8) is 0 Å². The molecule has 2 heterocycles. The Morgan fingerprint density at radius 3 is 2.52 bits per heavy atom. The smallest absolute Gasteiger partial charge is 0.187 e. The third-order valence-electron chi connectivity index (χ3n) is 3.71. The third-order valence-corrected chi connectivity index (χ3v) is 4.59. The van der Waals surface area contributed by atoms with E-state index in [0.29, 0.717) is 5.15 Å². The van der Waals surface area contributed by atoms with E-state index in [1.165, 1.54) is 17.3 Å². The summed E-state index contributed by atoms with van der Waals surface area (Å²) >= 11 is 7.22. The fourth-order valence-corrected chi connectivity index (χ4v) is 3.31. The van der Waals surface area contributed by atoms with Crippen molar-refractivity contribution in [3.8, 4) is 0 Å². The first-order valence-corrected chi connectivity index (χ1v) is 8.25. The maximum Gasteiger partial charge on any atom is 0.187 e. The maximum atomic E-state index is 6.04. The fourth-order valence-electron chi connectivity index (χ4n) is 2.53. The van der Waals surface area contributed by atoms with Gasteiger partial charge in [-0.3, -0.25) is 4.90 Å². The van der Waals surface area contributed by atoms with E-state index >= 15 is 0 Å². The Balaban J connectivity index is 1.41. The Morgan fingerprint density at radius 1 is 1.10 bits per heavy atom. The highest BCUT2D eigenvalue weighted by molar-refractivity contribution is 6.99. The van der Waals surface area contributed by atoms with Gasteiger partial charge in [-0.25, -0.2) is 0 Å². The first-order valence-electron chi connectivity index (χ1n) is 7.14. The Morgan fingerprint density at radius 2 is 1.86 bits per heavy atom. The Bertz CT molecular complexity index is 552. The van der Waals surface area contributed by atoms with E-state index in [-0.39, 0.29) is 0 Å². The van der Waals surface area contributed by atoms with Gasteiger partial charge in [0, 0.05) is 32.7 Å². The van der Waals surface area contributed by atoms with E-state index < -0.39 is 0 Å². The van der Waals surface area contributed by atoms with E-state index in [1.54, 1.807) is 0 Å². The summed E-state index contributed by atoms with van der Waals surface area (Å²) in [5.41, 5.74) is 1.37. The minimum absolute atomic E-state index is 0.532. The SMILES string of the molecule is Clc1nsnc1N1CCN(C[CH]Cc2ccccc2)CC1. The molecular formula is C15H18ClN4S. The van der Waals surface area contributed by atoms with Crippen LogP contribution in [-0.2, 0) is 6.42 Å². The number of hydrogen-bond donors (Lipinski definition) is 0. The highest BCUT2D eigenvalue weighted by atomic mass is 35.5. The predicted octanol–water partition coefficient (Wildman–Crippen LogP) is 2.76. The summed E-state index contributed by atoms with van der Waals surface area (Å²) in [6.07, 6.45) is 3.38. The van der Waals surface area contributed by atoms with Gasteiger partial charge in [0.2, 0.25) is 0 Å². The van der Waals surface area contributed by atoms with Gasteiger partial charge >= 0.3 is 0 Å². The summed E-state index contributed by atoms with van der Waals surface area (Å²) in [7, 11) is 0. The van der Waals surface area contributed by atoms with Crippen LogP contribution >= 0.6 is 23.3 Å². The van der Waals surface area contributed by atoms with E-state index in [2.05, 4.69) is 55.3 Å². The van der Waals surface area contributed by atoms with Gasteiger partial charge in [0.1, 0.15) is 0 Å². The van der Waals surface area contributed by atoms with E-state index in [0.717, 1.165) is 45.0 Å². The molecule has 21 heavy (non-hydrogen) atoms. The van der Waals surface area contributed by atoms with E-state index in [4.69, 9.17) is 11.6 Å². The van der Waals surface area contributed by atoms with Crippen LogP contribution in [-0.4, -0.2) is 46.4 Å². The zero-order chi connectivity index (χ0) is 14.5. The molecule has 1 aromatic carbocycles. The molecule has 1 radical (unpaired) electrons.